The summed E-state index contributed by atoms with van der Waals surface area (Å²) in [7, 11) is 1.36. The Morgan fingerprint density at radius 3 is 2.65 bits per heavy atom. The van der Waals surface area contributed by atoms with E-state index in [1.165, 1.54) is 18.4 Å². The number of thiocarbonyl (C=S) groups is 1. The second kappa shape index (κ2) is 8.11. The van der Waals surface area contributed by atoms with E-state index in [1.54, 1.807) is 18.2 Å². The second-order valence-electron chi connectivity index (χ2n) is 5.23. The SMILES string of the molecule is CCOc1ccc(NC(=S)Nc2nc3ccc(C(=O)OC)cc3s2)cc1. The van der Waals surface area contributed by atoms with Crippen LogP contribution in [0.4, 0.5) is 10.8 Å². The molecule has 0 radical (unpaired) electrons. The van der Waals surface area contributed by atoms with E-state index in [-0.39, 0.29) is 5.97 Å². The van der Waals surface area contributed by atoms with Gasteiger partial charge in [-0.2, -0.15) is 0 Å². The quantitative estimate of drug-likeness (QED) is 0.500. The molecule has 0 saturated heterocycles. The second-order valence-corrected chi connectivity index (χ2v) is 6.67. The molecular weight excluding hydrogens is 370 g/mol. The van der Waals surface area contributed by atoms with Crippen LogP contribution in [0.15, 0.2) is 42.5 Å². The first-order valence-electron chi connectivity index (χ1n) is 7.89. The molecule has 0 aliphatic heterocycles. The van der Waals surface area contributed by atoms with Gasteiger partial charge in [0.15, 0.2) is 10.2 Å². The average molecular weight is 387 g/mol. The number of carbonyl (C=O) groups excluding carboxylic acids is 1. The van der Waals surface area contributed by atoms with E-state index < -0.39 is 0 Å². The van der Waals surface area contributed by atoms with Gasteiger partial charge in [-0.1, -0.05) is 11.3 Å². The summed E-state index contributed by atoms with van der Waals surface area (Å²) in [5.41, 5.74) is 2.12. The number of aromatic nitrogens is 1. The molecule has 3 aromatic rings. The molecule has 1 aromatic heterocycles. The number of hydrogen-bond donors (Lipinski definition) is 2. The largest absolute Gasteiger partial charge is 0.494 e. The minimum atomic E-state index is -0.373. The summed E-state index contributed by atoms with van der Waals surface area (Å²) in [5, 5.41) is 7.24. The maximum atomic E-state index is 11.6. The van der Waals surface area contributed by atoms with E-state index >= 15 is 0 Å². The molecule has 0 amide bonds. The van der Waals surface area contributed by atoms with Crippen LogP contribution in [0.3, 0.4) is 0 Å². The molecule has 26 heavy (non-hydrogen) atoms. The number of anilines is 2. The van der Waals surface area contributed by atoms with Gasteiger partial charge in [0, 0.05) is 5.69 Å². The van der Waals surface area contributed by atoms with Crippen LogP contribution in [0, 0.1) is 0 Å². The topological polar surface area (TPSA) is 72.5 Å². The van der Waals surface area contributed by atoms with Crippen LogP contribution >= 0.6 is 23.6 Å². The monoisotopic (exact) mass is 387 g/mol. The summed E-state index contributed by atoms with van der Waals surface area (Å²) in [6, 6.07) is 12.8. The molecule has 1 heterocycles. The number of carbonyl (C=O) groups is 1. The lowest BCUT2D eigenvalue weighted by atomic mass is 10.2. The van der Waals surface area contributed by atoms with Crippen LogP contribution in [-0.2, 0) is 4.74 Å². The van der Waals surface area contributed by atoms with Crippen LogP contribution < -0.4 is 15.4 Å². The zero-order valence-electron chi connectivity index (χ0n) is 14.2. The Morgan fingerprint density at radius 2 is 1.96 bits per heavy atom. The third kappa shape index (κ3) is 4.27. The summed E-state index contributed by atoms with van der Waals surface area (Å²) in [6.07, 6.45) is 0. The first-order valence-corrected chi connectivity index (χ1v) is 9.11. The van der Waals surface area contributed by atoms with E-state index in [9.17, 15) is 4.79 Å². The van der Waals surface area contributed by atoms with E-state index in [1.807, 2.05) is 31.2 Å². The Balaban J connectivity index is 1.67. The van der Waals surface area contributed by atoms with Gasteiger partial charge >= 0.3 is 5.97 Å². The maximum Gasteiger partial charge on any atom is 0.337 e. The minimum absolute atomic E-state index is 0.373. The number of rotatable bonds is 5. The zero-order chi connectivity index (χ0) is 18.5. The fourth-order valence-electron chi connectivity index (χ4n) is 2.28. The van der Waals surface area contributed by atoms with Gasteiger partial charge in [-0.05, 0) is 61.6 Å². The predicted octanol–water partition coefficient (Wildman–Crippen LogP) is 4.29. The van der Waals surface area contributed by atoms with E-state index in [0.717, 1.165) is 21.7 Å². The van der Waals surface area contributed by atoms with Crippen LogP contribution in [0.1, 0.15) is 17.3 Å². The Bertz CT molecular complexity index is 939. The number of benzene rings is 2. The lowest BCUT2D eigenvalue weighted by molar-refractivity contribution is 0.0601. The Kier molecular flexibility index (Phi) is 5.65. The van der Waals surface area contributed by atoms with Crippen molar-refractivity contribution in [1.29, 1.82) is 0 Å². The van der Waals surface area contributed by atoms with Gasteiger partial charge in [0.1, 0.15) is 5.75 Å². The van der Waals surface area contributed by atoms with Crippen molar-refractivity contribution >= 4 is 55.7 Å². The molecule has 0 aliphatic rings. The number of nitrogens with one attached hydrogen (secondary N) is 2. The zero-order valence-corrected chi connectivity index (χ0v) is 15.9. The normalized spacial score (nSPS) is 10.4. The van der Waals surface area contributed by atoms with Crippen molar-refractivity contribution in [1.82, 2.24) is 4.98 Å². The van der Waals surface area contributed by atoms with Crippen LogP contribution in [-0.4, -0.2) is 29.8 Å². The molecule has 6 nitrogen and oxygen atoms in total. The lowest BCUT2D eigenvalue weighted by Gasteiger charge is -2.09. The van der Waals surface area contributed by atoms with E-state index in [4.69, 9.17) is 21.7 Å². The predicted molar refractivity (Wildman–Crippen MR) is 108 cm³/mol. The van der Waals surface area contributed by atoms with Crippen LogP contribution in [0.2, 0.25) is 0 Å². The fourth-order valence-corrected chi connectivity index (χ4v) is 3.47. The number of nitrogens with zero attached hydrogens (tertiary/aromatic N) is 1. The fraction of sp³-hybridized carbons (Fsp3) is 0.167. The number of ether oxygens (including phenoxy) is 2. The molecule has 0 atom stereocenters. The third-order valence-corrected chi connectivity index (χ3v) is 4.59. The average Bonchev–Trinajstić information content (AvgIpc) is 3.04. The van der Waals surface area contributed by atoms with Crippen LogP contribution in [0.5, 0.6) is 5.75 Å². The Hall–Kier alpha value is -2.71. The molecule has 0 aliphatic carbocycles. The van der Waals surface area contributed by atoms with Crippen molar-refractivity contribution in [3.63, 3.8) is 0 Å². The highest BCUT2D eigenvalue weighted by molar-refractivity contribution is 7.80. The van der Waals surface area contributed by atoms with Crippen molar-refractivity contribution in [2.75, 3.05) is 24.4 Å². The standard InChI is InChI=1S/C18H17N3O3S2/c1-3-24-13-7-5-12(6-8-13)19-17(25)21-18-20-14-9-4-11(16(22)23-2)10-15(14)26-18/h4-10H,3H2,1-2H3,(H2,19,20,21,25). The summed E-state index contributed by atoms with van der Waals surface area (Å²) >= 11 is 6.74. The highest BCUT2D eigenvalue weighted by Gasteiger charge is 2.10. The van der Waals surface area contributed by atoms with Gasteiger partial charge in [0.25, 0.3) is 0 Å². The van der Waals surface area contributed by atoms with Gasteiger partial charge in [-0.15, -0.1) is 0 Å². The number of hydrogen-bond acceptors (Lipinski definition) is 6. The van der Waals surface area contributed by atoms with E-state index in [0.29, 0.717) is 22.4 Å². The summed E-state index contributed by atoms with van der Waals surface area (Å²) in [4.78, 5) is 16.1. The van der Waals surface area contributed by atoms with Crippen molar-refractivity contribution < 1.29 is 14.3 Å². The van der Waals surface area contributed by atoms with Gasteiger partial charge in [-0.3, -0.25) is 0 Å². The summed E-state index contributed by atoms with van der Waals surface area (Å²) in [6.45, 7) is 2.57. The molecule has 2 N–H and O–H groups in total. The third-order valence-electron chi connectivity index (χ3n) is 3.45. The Morgan fingerprint density at radius 1 is 1.19 bits per heavy atom. The molecule has 8 heteroatoms. The van der Waals surface area contributed by atoms with Crippen molar-refractivity contribution in [3.8, 4) is 5.75 Å². The van der Waals surface area contributed by atoms with Gasteiger partial charge < -0.3 is 20.1 Å². The molecule has 0 bridgehead atoms. The first-order chi connectivity index (χ1) is 12.6. The molecule has 0 fully saturated rings. The highest BCUT2D eigenvalue weighted by atomic mass is 32.1. The van der Waals surface area contributed by atoms with Crippen molar-refractivity contribution in [2.45, 2.75) is 6.92 Å². The smallest absolute Gasteiger partial charge is 0.337 e. The molecule has 0 saturated carbocycles. The van der Waals surface area contributed by atoms with Gasteiger partial charge in [0.2, 0.25) is 0 Å². The van der Waals surface area contributed by atoms with Crippen molar-refractivity contribution in [3.05, 3.63) is 48.0 Å². The van der Waals surface area contributed by atoms with Gasteiger partial charge in [0.05, 0.1) is 29.5 Å². The van der Waals surface area contributed by atoms with E-state index in [2.05, 4.69) is 15.6 Å². The van der Waals surface area contributed by atoms with Crippen LogP contribution in [0.25, 0.3) is 10.2 Å². The maximum absolute atomic E-state index is 11.6. The number of methoxy groups -OCH3 is 1. The summed E-state index contributed by atoms with van der Waals surface area (Å²) in [5.74, 6) is 0.437. The highest BCUT2D eigenvalue weighted by Crippen LogP contribution is 2.27. The number of fused-ring (bicyclic) bond motifs is 1. The minimum Gasteiger partial charge on any atom is -0.494 e. The summed E-state index contributed by atoms with van der Waals surface area (Å²) < 4.78 is 11.0. The molecule has 134 valence electrons. The number of esters is 1. The lowest BCUT2D eigenvalue weighted by Crippen LogP contribution is -2.18. The van der Waals surface area contributed by atoms with Crippen molar-refractivity contribution in [2.24, 2.45) is 0 Å². The molecular formula is C18H17N3O3S2. The molecule has 0 spiro atoms. The molecule has 3 rings (SSSR count). The first kappa shape index (κ1) is 18.1. The number of thiazole rings is 1. The molecule has 0 unspecified atom stereocenters. The Labute approximate surface area is 160 Å². The van der Waals surface area contributed by atoms with Gasteiger partial charge in [-0.25, -0.2) is 9.78 Å². The molecule has 2 aromatic carbocycles.